The molecule has 1 rings (SSSR count). The van der Waals surface area contributed by atoms with E-state index >= 15 is 0 Å². The van der Waals surface area contributed by atoms with E-state index in [4.69, 9.17) is 14.2 Å². The van der Waals surface area contributed by atoms with Crippen LogP contribution in [-0.4, -0.2) is 45.9 Å². The van der Waals surface area contributed by atoms with Crippen molar-refractivity contribution in [2.45, 2.75) is 6.92 Å². The van der Waals surface area contributed by atoms with Crippen molar-refractivity contribution in [2.24, 2.45) is 0 Å². The van der Waals surface area contributed by atoms with Crippen molar-refractivity contribution in [1.82, 2.24) is 4.90 Å². The Balaban J connectivity index is 3.06. The molecule has 1 aromatic carbocycles. The maximum atomic E-state index is 11.8. The number of urea groups is 1. The monoisotopic (exact) mass is 268 g/mol. The molecule has 0 aliphatic rings. The molecule has 0 unspecified atom stereocenters. The first-order chi connectivity index (χ1) is 9.07. The van der Waals surface area contributed by atoms with Crippen LogP contribution in [0.25, 0.3) is 0 Å². The van der Waals surface area contributed by atoms with Crippen LogP contribution >= 0.6 is 0 Å². The molecule has 0 heterocycles. The third-order valence-electron chi connectivity index (χ3n) is 2.74. The van der Waals surface area contributed by atoms with Crippen LogP contribution < -0.4 is 19.5 Å². The normalized spacial score (nSPS) is 9.74. The van der Waals surface area contributed by atoms with Crippen LogP contribution in [0.4, 0.5) is 10.5 Å². The second-order valence-corrected chi connectivity index (χ2v) is 3.86. The summed E-state index contributed by atoms with van der Waals surface area (Å²) >= 11 is 0. The van der Waals surface area contributed by atoms with Gasteiger partial charge in [-0.25, -0.2) is 4.79 Å². The number of nitrogens with one attached hydrogen (secondary N) is 1. The molecule has 1 N–H and O–H groups in total. The number of benzene rings is 1. The minimum Gasteiger partial charge on any atom is -0.493 e. The van der Waals surface area contributed by atoms with Crippen LogP contribution in [0, 0.1) is 0 Å². The van der Waals surface area contributed by atoms with E-state index in [1.165, 1.54) is 21.3 Å². The molecule has 2 amide bonds. The molecule has 6 nitrogen and oxygen atoms in total. The van der Waals surface area contributed by atoms with Gasteiger partial charge in [-0.15, -0.1) is 0 Å². The quantitative estimate of drug-likeness (QED) is 0.889. The lowest BCUT2D eigenvalue weighted by Gasteiger charge is -2.18. The Morgan fingerprint density at radius 2 is 1.68 bits per heavy atom. The summed E-state index contributed by atoms with van der Waals surface area (Å²) in [5.41, 5.74) is 0.583. The number of carbonyl (C=O) groups excluding carboxylic acids is 1. The van der Waals surface area contributed by atoms with E-state index in [9.17, 15) is 4.79 Å². The molecule has 0 bridgehead atoms. The molecule has 1 aromatic rings. The van der Waals surface area contributed by atoms with Gasteiger partial charge in [0.2, 0.25) is 5.75 Å². The average Bonchev–Trinajstić information content (AvgIpc) is 2.44. The van der Waals surface area contributed by atoms with Gasteiger partial charge in [0.25, 0.3) is 0 Å². The van der Waals surface area contributed by atoms with Gasteiger partial charge in [0.15, 0.2) is 11.5 Å². The van der Waals surface area contributed by atoms with Gasteiger partial charge in [-0.05, 0) is 6.92 Å². The van der Waals surface area contributed by atoms with Crippen LogP contribution in [0.1, 0.15) is 6.92 Å². The lowest BCUT2D eigenvalue weighted by atomic mass is 10.2. The van der Waals surface area contributed by atoms with Gasteiger partial charge in [-0.1, -0.05) is 0 Å². The first-order valence-electron chi connectivity index (χ1n) is 5.89. The van der Waals surface area contributed by atoms with E-state index in [1.54, 1.807) is 24.1 Å². The summed E-state index contributed by atoms with van der Waals surface area (Å²) in [5, 5.41) is 2.76. The van der Waals surface area contributed by atoms with Gasteiger partial charge < -0.3 is 24.4 Å². The Kier molecular flexibility index (Phi) is 5.29. The second kappa shape index (κ2) is 6.72. The van der Waals surface area contributed by atoms with Gasteiger partial charge in [0.05, 0.1) is 27.0 Å². The first kappa shape index (κ1) is 14.9. The summed E-state index contributed by atoms with van der Waals surface area (Å²) < 4.78 is 15.6. The number of methoxy groups -OCH3 is 3. The molecule has 0 aliphatic heterocycles. The molecular formula is C13H20N2O4. The highest BCUT2D eigenvalue weighted by atomic mass is 16.5. The molecule has 0 spiro atoms. The Morgan fingerprint density at radius 3 is 2.05 bits per heavy atom. The van der Waals surface area contributed by atoms with E-state index in [-0.39, 0.29) is 6.03 Å². The van der Waals surface area contributed by atoms with Crippen molar-refractivity contribution < 1.29 is 19.0 Å². The fraction of sp³-hybridized carbons (Fsp3) is 0.462. The second-order valence-electron chi connectivity index (χ2n) is 3.86. The number of hydrogen-bond donors (Lipinski definition) is 1. The molecule has 0 saturated carbocycles. The highest BCUT2D eigenvalue weighted by Crippen LogP contribution is 2.39. The fourth-order valence-electron chi connectivity index (χ4n) is 1.52. The first-order valence-corrected chi connectivity index (χ1v) is 5.89. The van der Waals surface area contributed by atoms with E-state index in [2.05, 4.69) is 5.32 Å². The summed E-state index contributed by atoms with van der Waals surface area (Å²) in [4.78, 5) is 13.4. The van der Waals surface area contributed by atoms with E-state index in [1.807, 2.05) is 6.92 Å². The number of nitrogens with zero attached hydrogens (tertiary/aromatic N) is 1. The lowest BCUT2D eigenvalue weighted by molar-refractivity contribution is 0.224. The number of hydrogen-bond acceptors (Lipinski definition) is 4. The molecule has 0 atom stereocenters. The minimum atomic E-state index is -0.197. The van der Waals surface area contributed by atoms with Crippen molar-refractivity contribution in [3.8, 4) is 17.2 Å². The standard InChI is InChI=1S/C13H20N2O4/c1-6-15(2)13(16)14-9-7-10(17-3)12(19-5)11(8-9)18-4/h7-8H,6H2,1-5H3,(H,14,16). The van der Waals surface area contributed by atoms with Crippen LogP contribution in [0.3, 0.4) is 0 Å². The SMILES string of the molecule is CCN(C)C(=O)Nc1cc(OC)c(OC)c(OC)c1. The molecule has 106 valence electrons. The zero-order valence-corrected chi connectivity index (χ0v) is 11.9. The predicted molar refractivity (Wildman–Crippen MR) is 73.4 cm³/mol. The van der Waals surface area contributed by atoms with Gasteiger partial charge in [-0.3, -0.25) is 0 Å². The molecule has 6 heteroatoms. The topological polar surface area (TPSA) is 60.0 Å². The maximum absolute atomic E-state index is 11.8. The Labute approximate surface area is 113 Å². The van der Waals surface area contributed by atoms with Gasteiger partial charge in [0, 0.05) is 25.7 Å². The van der Waals surface area contributed by atoms with Crippen molar-refractivity contribution in [3.63, 3.8) is 0 Å². The van der Waals surface area contributed by atoms with Crippen molar-refractivity contribution in [3.05, 3.63) is 12.1 Å². The Morgan fingerprint density at radius 1 is 1.16 bits per heavy atom. The Hall–Kier alpha value is -2.11. The molecule has 0 saturated heterocycles. The van der Waals surface area contributed by atoms with E-state index in [0.717, 1.165) is 0 Å². The smallest absolute Gasteiger partial charge is 0.321 e. The molecule has 0 fully saturated rings. The fourth-order valence-corrected chi connectivity index (χ4v) is 1.52. The third kappa shape index (κ3) is 3.43. The molecule has 0 aliphatic carbocycles. The largest absolute Gasteiger partial charge is 0.493 e. The molecular weight excluding hydrogens is 248 g/mol. The summed E-state index contributed by atoms with van der Waals surface area (Å²) in [6, 6.07) is 3.17. The third-order valence-corrected chi connectivity index (χ3v) is 2.74. The van der Waals surface area contributed by atoms with Crippen LogP contribution in [0.5, 0.6) is 17.2 Å². The summed E-state index contributed by atoms with van der Waals surface area (Å²) in [5.74, 6) is 1.49. The summed E-state index contributed by atoms with van der Waals surface area (Å²) in [6.45, 7) is 2.52. The van der Waals surface area contributed by atoms with Gasteiger partial charge >= 0.3 is 6.03 Å². The summed E-state index contributed by atoms with van der Waals surface area (Å²) in [6.07, 6.45) is 0. The average molecular weight is 268 g/mol. The zero-order valence-electron chi connectivity index (χ0n) is 11.9. The number of carbonyl (C=O) groups is 1. The number of amides is 2. The van der Waals surface area contributed by atoms with Crippen molar-refractivity contribution in [2.75, 3.05) is 40.2 Å². The highest BCUT2D eigenvalue weighted by molar-refractivity contribution is 5.90. The van der Waals surface area contributed by atoms with E-state index in [0.29, 0.717) is 29.5 Å². The maximum Gasteiger partial charge on any atom is 0.321 e. The molecule has 0 aromatic heterocycles. The van der Waals surface area contributed by atoms with Crippen LogP contribution in [0.2, 0.25) is 0 Å². The number of rotatable bonds is 5. The molecule has 19 heavy (non-hydrogen) atoms. The van der Waals surface area contributed by atoms with Crippen LogP contribution in [0.15, 0.2) is 12.1 Å². The molecule has 0 radical (unpaired) electrons. The van der Waals surface area contributed by atoms with Gasteiger partial charge in [0.1, 0.15) is 0 Å². The van der Waals surface area contributed by atoms with Crippen LogP contribution in [-0.2, 0) is 0 Å². The number of anilines is 1. The van der Waals surface area contributed by atoms with Crippen molar-refractivity contribution >= 4 is 11.7 Å². The summed E-state index contributed by atoms with van der Waals surface area (Å²) in [7, 11) is 6.30. The Bertz CT molecular complexity index is 423. The minimum absolute atomic E-state index is 0.197. The zero-order chi connectivity index (χ0) is 14.4. The highest BCUT2D eigenvalue weighted by Gasteiger charge is 2.15. The lowest BCUT2D eigenvalue weighted by Crippen LogP contribution is -2.30. The van der Waals surface area contributed by atoms with Gasteiger partial charge in [-0.2, -0.15) is 0 Å². The number of ether oxygens (including phenoxy) is 3. The van der Waals surface area contributed by atoms with Crippen molar-refractivity contribution in [1.29, 1.82) is 0 Å². The van der Waals surface area contributed by atoms with E-state index < -0.39 is 0 Å². The predicted octanol–water partition coefficient (Wildman–Crippen LogP) is 2.20.